The number of nitrogens with zero attached hydrogens (tertiary/aromatic N) is 2. The highest BCUT2D eigenvalue weighted by molar-refractivity contribution is 6.31. The number of halogens is 1. The molecule has 0 fully saturated rings. The van der Waals surface area contributed by atoms with Crippen LogP contribution in [0.1, 0.15) is 38.1 Å². The van der Waals surface area contributed by atoms with Gasteiger partial charge in [-0.2, -0.15) is 5.10 Å². The summed E-state index contributed by atoms with van der Waals surface area (Å²) in [5.41, 5.74) is 8.12. The van der Waals surface area contributed by atoms with Crippen LogP contribution in [0.4, 0.5) is 0 Å². The van der Waals surface area contributed by atoms with Crippen molar-refractivity contribution >= 4 is 11.6 Å². The molecule has 0 spiro atoms. The summed E-state index contributed by atoms with van der Waals surface area (Å²) in [5.74, 6) is 0.812. The van der Waals surface area contributed by atoms with E-state index in [1.807, 2.05) is 49.7 Å². The standard InChI is InChI=1S/C15H20ClN3O/c1-4-19-15(13(16)9-18-19)14(17)11-6-5-7-12(8-11)20-10(2)3/h5-10,14H,4,17H2,1-3H3. The zero-order chi connectivity index (χ0) is 14.7. The van der Waals surface area contributed by atoms with E-state index in [4.69, 9.17) is 22.1 Å². The second kappa shape index (κ2) is 6.29. The van der Waals surface area contributed by atoms with Gasteiger partial charge in [-0.1, -0.05) is 23.7 Å². The number of ether oxygens (including phenoxy) is 1. The van der Waals surface area contributed by atoms with Crippen LogP contribution >= 0.6 is 11.6 Å². The van der Waals surface area contributed by atoms with Crippen molar-refractivity contribution in [1.82, 2.24) is 9.78 Å². The second-order valence-corrected chi connectivity index (χ2v) is 5.32. The quantitative estimate of drug-likeness (QED) is 0.919. The van der Waals surface area contributed by atoms with Gasteiger partial charge in [0.1, 0.15) is 5.75 Å². The molecule has 1 atom stereocenters. The Morgan fingerprint density at radius 3 is 2.80 bits per heavy atom. The van der Waals surface area contributed by atoms with E-state index in [0.717, 1.165) is 23.6 Å². The molecule has 0 amide bonds. The number of hydrogen-bond donors (Lipinski definition) is 1. The largest absolute Gasteiger partial charge is 0.491 e. The van der Waals surface area contributed by atoms with Crippen molar-refractivity contribution in [3.05, 3.63) is 46.7 Å². The van der Waals surface area contributed by atoms with Gasteiger partial charge in [-0.05, 0) is 38.5 Å². The molecule has 0 bridgehead atoms. The van der Waals surface area contributed by atoms with Crippen LogP contribution in [0, 0.1) is 0 Å². The van der Waals surface area contributed by atoms with Crippen LogP contribution < -0.4 is 10.5 Å². The predicted octanol–water partition coefficient (Wildman–Crippen LogP) is 3.39. The Balaban J connectivity index is 2.33. The van der Waals surface area contributed by atoms with Gasteiger partial charge in [0.25, 0.3) is 0 Å². The fraction of sp³-hybridized carbons (Fsp3) is 0.400. The van der Waals surface area contributed by atoms with Gasteiger partial charge < -0.3 is 10.5 Å². The lowest BCUT2D eigenvalue weighted by molar-refractivity contribution is 0.242. The zero-order valence-electron chi connectivity index (χ0n) is 12.0. The van der Waals surface area contributed by atoms with Crippen molar-refractivity contribution in [3.8, 4) is 5.75 Å². The molecule has 2 aromatic rings. The van der Waals surface area contributed by atoms with Crippen molar-refractivity contribution in [2.75, 3.05) is 0 Å². The Kier molecular flexibility index (Phi) is 4.68. The maximum atomic E-state index is 6.34. The minimum atomic E-state index is -0.319. The molecule has 1 aromatic carbocycles. The maximum absolute atomic E-state index is 6.34. The van der Waals surface area contributed by atoms with Crippen LogP contribution in [-0.4, -0.2) is 15.9 Å². The summed E-state index contributed by atoms with van der Waals surface area (Å²) < 4.78 is 7.52. The van der Waals surface area contributed by atoms with Crippen LogP contribution in [0.3, 0.4) is 0 Å². The van der Waals surface area contributed by atoms with Crippen LogP contribution in [0.5, 0.6) is 5.75 Å². The maximum Gasteiger partial charge on any atom is 0.120 e. The molecule has 5 heteroatoms. The van der Waals surface area contributed by atoms with E-state index >= 15 is 0 Å². The Hall–Kier alpha value is -1.52. The summed E-state index contributed by atoms with van der Waals surface area (Å²) in [7, 11) is 0. The molecular weight excluding hydrogens is 274 g/mol. The monoisotopic (exact) mass is 293 g/mol. The highest BCUT2D eigenvalue weighted by Gasteiger charge is 2.18. The van der Waals surface area contributed by atoms with E-state index in [1.54, 1.807) is 6.20 Å². The highest BCUT2D eigenvalue weighted by Crippen LogP contribution is 2.28. The molecule has 0 aliphatic rings. The third-order valence-electron chi connectivity index (χ3n) is 3.02. The fourth-order valence-electron chi connectivity index (χ4n) is 2.14. The average molecular weight is 294 g/mol. The van der Waals surface area contributed by atoms with E-state index in [9.17, 15) is 0 Å². The predicted molar refractivity (Wildman–Crippen MR) is 81.1 cm³/mol. The van der Waals surface area contributed by atoms with E-state index in [1.165, 1.54) is 0 Å². The number of benzene rings is 1. The van der Waals surface area contributed by atoms with Crippen LogP contribution in [0.15, 0.2) is 30.5 Å². The molecule has 0 aliphatic carbocycles. The minimum absolute atomic E-state index is 0.131. The summed E-state index contributed by atoms with van der Waals surface area (Å²) in [6, 6.07) is 7.47. The molecule has 0 saturated carbocycles. The van der Waals surface area contributed by atoms with E-state index < -0.39 is 0 Å². The Bertz CT molecular complexity index is 580. The molecule has 1 heterocycles. The van der Waals surface area contributed by atoms with Gasteiger partial charge in [0.2, 0.25) is 0 Å². The number of aryl methyl sites for hydroxylation is 1. The highest BCUT2D eigenvalue weighted by atomic mass is 35.5. The van der Waals surface area contributed by atoms with E-state index in [2.05, 4.69) is 5.10 Å². The molecule has 1 aromatic heterocycles. The first-order chi connectivity index (χ1) is 9.52. The van der Waals surface area contributed by atoms with Gasteiger partial charge in [0.05, 0.1) is 29.1 Å². The molecule has 0 saturated heterocycles. The van der Waals surface area contributed by atoms with E-state index in [0.29, 0.717) is 5.02 Å². The number of hydrogen-bond acceptors (Lipinski definition) is 3. The first kappa shape index (κ1) is 14.9. The van der Waals surface area contributed by atoms with Gasteiger partial charge >= 0.3 is 0 Å². The number of rotatable bonds is 5. The fourth-order valence-corrected chi connectivity index (χ4v) is 2.40. The molecule has 108 valence electrons. The molecule has 4 nitrogen and oxygen atoms in total. The third-order valence-corrected chi connectivity index (χ3v) is 3.31. The van der Waals surface area contributed by atoms with Crippen LogP contribution in [0.25, 0.3) is 0 Å². The van der Waals surface area contributed by atoms with Crippen molar-refractivity contribution in [3.63, 3.8) is 0 Å². The molecule has 0 radical (unpaired) electrons. The summed E-state index contributed by atoms with van der Waals surface area (Å²) in [6.45, 7) is 6.74. The number of nitrogens with two attached hydrogens (primary N) is 1. The van der Waals surface area contributed by atoms with Crippen molar-refractivity contribution in [2.24, 2.45) is 5.73 Å². The minimum Gasteiger partial charge on any atom is -0.491 e. The Labute approximate surface area is 124 Å². The van der Waals surface area contributed by atoms with Crippen LogP contribution in [0.2, 0.25) is 5.02 Å². The first-order valence-electron chi connectivity index (χ1n) is 6.76. The third kappa shape index (κ3) is 3.14. The Morgan fingerprint density at radius 2 is 2.15 bits per heavy atom. The normalized spacial score (nSPS) is 12.7. The lowest BCUT2D eigenvalue weighted by atomic mass is 10.0. The molecule has 2 rings (SSSR count). The second-order valence-electron chi connectivity index (χ2n) is 4.91. The van der Waals surface area contributed by atoms with Crippen molar-refractivity contribution in [2.45, 2.75) is 39.5 Å². The lowest BCUT2D eigenvalue weighted by Gasteiger charge is -2.16. The Morgan fingerprint density at radius 1 is 1.40 bits per heavy atom. The molecule has 20 heavy (non-hydrogen) atoms. The first-order valence-corrected chi connectivity index (χ1v) is 7.14. The van der Waals surface area contributed by atoms with Gasteiger partial charge in [-0.15, -0.1) is 0 Å². The molecule has 1 unspecified atom stereocenters. The van der Waals surface area contributed by atoms with Crippen molar-refractivity contribution < 1.29 is 4.74 Å². The van der Waals surface area contributed by atoms with Crippen molar-refractivity contribution in [1.29, 1.82) is 0 Å². The molecule has 0 aliphatic heterocycles. The van der Waals surface area contributed by atoms with E-state index in [-0.39, 0.29) is 12.1 Å². The lowest BCUT2D eigenvalue weighted by Crippen LogP contribution is -2.18. The molecular formula is C15H20ClN3O. The topological polar surface area (TPSA) is 53.1 Å². The average Bonchev–Trinajstić information content (AvgIpc) is 2.78. The smallest absolute Gasteiger partial charge is 0.120 e. The van der Waals surface area contributed by atoms with Gasteiger partial charge in [0.15, 0.2) is 0 Å². The number of aromatic nitrogens is 2. The SMILES string of the molecule is CCn1ncc(Cl)c1C(N)c1cccc(OC(C)C)c1. The zero-order valence-corrected chi connectivity index (χ0v) is 12.8. The van der Waals surface area contributed by atoms with Gasteiger partial charge in [0, 0.05) is 6.54 Å². The van der Waals surface area contributed by atoms with Gasteiger partial charge in [-0.3, -0.25) is 4.68 Å². The summed E-state index contributed by atoms with van der Waals surface area (Å²) in [6.07, 6.45) is 1.76. The molecule has 2 N–H and O–H groups in total. The van der Waals surface area contributed by atoms with Gasteiger partial charge in [-0.25, -0.2) is 0 Å². The summed E-state index contributed by atoms with van der Waals surface area (Å²) >= 11 is 6.20. The summed E-state index contributed by atoms with van der Waals surface area (Å²) in [5, 5.41) is 4.82. The summed E-state index contributed by atoms with van der Waals surface area (Å²) in [4.78, 5) is 0. The van der Waals surface area contributed by atoms with Crippen LogP contribution in [-0.2, 0) is 6.54 Å².